The van der Waals surface area contributed by atoms with Gasteiger partial charge in [0.1, 0.15) is 11.5 Å². The smallest absolute Gasteiger partial charge is 0.260 e. The van der Waals surface area contributed by atoms with Crippen LogP contribution in [-0.4, -0.2) is 30.9 Å². The molecule has 0 amide bonds. The molecule has 0 unspecified atom stereocenters. The summed E-state index contributed by atoms with van der Waals surface area (Å²) in [4.78, 5) is 17.1. The van der Waals surface area contributed by atoms with E-state index in [-0.39, 0.29) is 5.56 Å². The van der Waals surface area contributed by atoms with Crippen LogP contribution in [0.4, 0.5) is 0 Å². The first kappa shape index (κ1) is 20.5. The summed E-state index contributed by atoms with van der Waals surface area (Å²) >= 11 is 0. The van der Waals surface area contributed by atoms with Gasteiger partial charge in [-0.05, 0) is 36.1 Å². The molecule has 29 heavy (non-hydrogen) atoms. The van der Waals surface area contributed by atoms with Crippen molar-refractivity contribution in [3.8, 4) is 22.6 Å². The quantitative estimate of drug-likeness (QED) is 0.527. The molecule has 6 heteroatoms. The molecule has 2 aromatic heterocycles. The van der Waals surface area contributed by atoms with Crippen LogP contribution in [0.25, 0.3) is 28.0 Å². The molecule has 0 saturated heterocycles. The molecule has 0 fully saturated rings. The third kappa shape index (κ3) is 4.11. The summed E-state index contributed by atoms with van der Waals surface area (Å²) in [5, 5.41) is 1.42. The van der Waals surface area contributed by atoms with E-state index in [9.17, 15) is 4.79 Å². The number of ether oxygens (including phenoxy) is 3. The second-order valence-corrected chi connectivity index (χ2v) is 6.65. The predicted molar refractivity (Wildman–Crippen MR) is 115 cm³/mol. The number of hydrogen-bond donors (Lipinski definition) is 0. The summed E-state index contributed by atoms with van der Waals surface area (Å²) in [6.07, 6.45) is 10.6. The number of hydrogen-bond acceptors (Lipinski definition) is 5. The number of pyridine rings is 2. The number of nitrogens with zero attached hydrogens (tertiary/aromatic N) is 2. The van der Waals surface area contributed by atoms with Gasteiger partial charge >= 0.3 is 0 Å². The minimum absolute atomic E-state index is 0.0316. The van der Waals surface area contributed by atoms with Crippen LogP contribution in [0.1, 0.15) is 25.3 Å². The zero-order chi connectivity index (χ0) is 20.8. The van der Waals surface area contributed by atoms with E-state index in [1.165, 1.54) is 0 Å². The molecule has 2 heterocycles. The lowest BCUT2D eigenvalue weighted by molar-refractivity contribution is 0.341. The summed E-state index contributed by atoms with van der Waals surface area (Å²) < 4.78 is 18.1. The van der Waals surface area contributed by atoms with Crippen LogP contribution in [-0.2, 0) is 11.3 Å². The summed E-state index contributed by atoms with van der Waals surface area (Å²) in [7, 11) is 4.85. The van der Waals surface area contributed by atoms with Gasteiger partial charge in [-0.15, -0.1) is 0 Å². The van der Waals surface area contributed by atoms with Gasteiger partial charge in [-0.1, -0.05) is 13.3 Å². The van der Waals surface area contributed by atoms with Gasteiger partial charge in [-0.3, -0.25) is 9.78 Å². The van der Waals surface area contributed by atoms with Crippen LogP contribution >= 0.6 is 0 Å². The second kappa shape index (κ2) is 9.28. The van der Waals surface area contributed by atoms with E-state index in [0.29, 0.717) is 23.4 Å². The van der Waals surface area contributed by atoms with Crippen LogP contribution in [0.5, 0.6) is 11.5 Å². The summed E-state index contributed by atoms with van der Waals surface area (Å²) in [6.45, 7) is 2.76. The molecule has 6 nitrogen and oxygen atoms in total. The average molecular weight is 394 g/mol. The molecule has 0 radical (unpaired) electrons. The molecule has 3 aromatic rings. The second-order valence-electron chi connectivity index (χ2n) is 6.65. The maximum atomic E-state index is 12.9. The molecule has 0 spiro atoms. The van der Waals surface area contributed by atoms with Crippen LogP contribution in [0.3, 0.4) is 0 Å². The van der Waals surface area contributed by atoms with Crippen molar-refractivity contribution in [2.75, 3.05) is 21.3 Å². The molecule has 3 rings (SSSR count). The third-order valence-corrected chi connectivity index (χ3v) is 4.87. The Morgan fingerprint density at radius 1 is 1.07 bits per heavy atom. The van der Waals surface area contributed by atoms with Crippen molar-refractivity contribution in [3.05, 3.63) is 59.0 Å². The Labute approximate surface area is 170 Å². The lowest BCUT2D eigenvalue weighted by atomic mass is 9.98. The SMILES string of the molecule is CCCCn1cc(-c2cc(OC)c(C=COC)cc2OC)c2ccncc2c1=O. The molecule has 0 aliphatic heterocycles. The predicted octanol–water partition coefficient (Wildman–Crippen LogP) is 4.50. The van der Waals surface area contributed by atoms with Crippen LogP contribution < -0.4 is 15.0 Å². The van der Waals surface area contributed by atoms with Crippen molar-refractivity contribution in [2.45, 2.75) is 26.3 Å². The molecule has 0 bridgehead atoms. The lowest BCUT2D eigenvalue weighted by Gasteiger charge is -2.17. The highest BCUT2D eigenvalue weighted by atomic mass is 16.5. The topological polar surface area (TPSA) is 62.6 Å². The zero-order valence-electron chi connectivity index (χ0n) is 17.3. The van der Waals surface area contributed by atoms with Gasteiger partial charge in [-0.2, -0.15) is 0 Å². The van der Waals surface area contributed by atoms with Gasteiger partial charge in [0.15, 0.2) is 0 Å². The van der Waals surface area contributed by atoms with E-state index in [1.54, 1.807) is 44.6 Å². The highest BCUT2D eigenvalue weighted by Crippen LogP contribution is 2.39. The number of aromatic nitrogens is 2. The van der Waals surface area contributed by atoms with Gasteiger partial charge in [-0.25, -0.2) is 0 Å². The fourth-order valence-electron chi connectivity index (χ4n) is 3.35. The molecule has 0 atom stereocenters. The third-order valence-electron chi connectivity index (χ3n) is 4.87. The number of aryl methyl sites for hydroxylation is 1. The molecular formula is C23H26N2O4. The first-order valence-corrected chi connectivity index (χ1v) is 9.57. The van der Waals surface area contributed by atoms with Gasteiger partial charge < -0.3 is 18.8 Å². The maximum absolute atomic E-state index is 12.9. The van der Waals surface area contributed by atoms with E-state index in [4.69, 9.17) is 14.2 Å². The number of unbranched alkanes of at least 4 members (excludes halogenated alkanes) is 1. The number of fused-ring (bicyclic) bond motifs is 1. The molecule has 0 aliphatic rings. The molecule has 152 valence electrons. The Hall–Kier alpha value is -3.28. The number of benzene rings is 1. The zero-order valence-corrected chi connectivity index (χ0v) is 17.3. The Balaban J connectivity index is 2.30. The van der Waals surface area contributed by atoms with Crippen molar-refractivity contribution >= 4 is 16.8 Å². The van der Waals surface area contributed by atoms with Gasteiger partial charge in [0.05, 0.1) is 33.0 Å². The van der Waals surface area contributed by atoms with Crippen LogP contribution in [0, 0.1) is 0 Å². The highest BCUT2D eigenvalue weighted by Gasteiger charge is 2.17. The number of methoxy groups -OCH3 is 3. The first-order chi connectivity index (χ1) is 14.1. The Kier molecular flexibility index (Phi) is 6.54. The molecule has 0 saturated carbocycles. The lowest BCUT2D eigenvalue weighted by Crippen LogP contribution is -2.20. The Bertz CT molecular complexity index is 1090. The Morgan fingerprint density at radius 2 is 1.86 bits per heavy atom. The summed E-state index contributed by atoms with van der Waals surface area (Å²) in [5.74, 6) is 1.36. The standard InChI is InChI=1S/C23H26N2O4/c1-5-6-10-25-15-20(17-7-9-24-14-19(17)23(25)26)18-13-21(28-3)16(8-11-27-2)12-22(18)29-4/h7-9,11-15H,5-6,10H2,1-4H3. The minimum Gasteiger partial charge on any atom is -0.504 e. The number of rotatable bonds is 8. The summed E-state index contributed by atoms with van der Waals surface area (Å²) in [6, 6.07) is 5.69. The van der Waals surface area contributed by atoms with E-state index in [1.807, 2.05) is 30.5 Å². The molecule has 1 aromatic carbocycles. The van der Waals surface area contributed by atoms with Crippen molar-refractivity contribution in [3.63, 3.8) is 0 Å². The highest BCUT2D eigenvalue weighted by molar-refractivity contribution is 5.97. The van der Waals surface area contributed by atoms with Gasteiger partial charge in [0.2, 0.25) is 0 Å². The van der Waals surface area contributed by atoms with Crippen molar-refractivity contribution in [1.82, 2.24) is 9.55 Å². The summed E-state index contributed by atoms with van der Waals surface area (Å²) in [5.41, 5.74) is 2.55. The van der Waals surface area contributed by atoms with E-state index in [2.05, 4.69) is 11.9 Å². The minimum atomic E-state index is -0.0316. The largest absolute Gasteiger partial charge is 0.504 e. The van der Waals surface area contributed by atoms with E-state index < -0.39 is 0 Å². The fourth-order valence-corrected chi connectivity index (χ4v) is 3.35. The molecule has 0 N–H and O–H groups in total. The fraction of sp³-hybridized carbons (Fsp3) is 0.304. The van der Waals surface area contributed by atoms with Crippen LogP contribution in [0.15, 0.2) is 47.8 Å². The normalized spacial score (nSPS) is 11.2. The average Bonchev–Trinajstić information content (AvgIpc) is 2.76. The molecular weight excluding hydrogens is 368 g/mol. The van der Waals surface area contributed by atoms with Gasteiger partial charge in [0.25, 0.3) is 5.56 Å². The van der Waals surface area contributed by atoms with Crippen molar-refractivity contribution in [1.29, 1.82) is 0 Å². The van der Waals surface area contributed by atoms with Crippen molar-refractivity contribution in [2.24, 2.45) is 0 Å². The monoisotopic (exact) mass is 394 g/mol. The van der Waals surface area contributed by atoms with E-state index >= 15 is 0 Å². The molecule has 0 aliphatic carbocycles. The van der Waals surface area contributed by atoms with E-state index in [0.717, 1.165) is 34.9 Å². The maximum Gasteiger partial charge on any atom is 0.260 e. The van der Waals surface area contributed by atoms with Gasteiger partial charge in [0, 0.05) is 41.8 Å². The Morgan fingerprint density at radius 3 is 2.55 bits per heavy atom. The first-order valence-electron chi connectivity index (χ1n) is 9.57. The van der Waals surface area contributed by atoms with Crippen LogP contribution in [0.2, 0.25) is 0 Å². The van der Waals surface area contributed by atoms with Crippen molar-refractivity contribution < 1.29 is 14.2 Å².